The Morgan fingerprint density at radius 1 is 1.31 bits per heavy atom. The first kappa shape index (κ1) is 13.2. The van der Waals surface area contributed by atoms with Gasteiger partial charge >= 0.3 is 0 Å². The third-order valence-electron chi connectivity index (χ3n) is 2.18. The Bertz CT molecular complexity index is 489. The average Bonchev–Trinajstić information content (AvgIpc) is 2.48. The van der Waals surface area contributed by atoms with E-state index in [0.29, 0.717) is 15.9 Å². The molecule has 0 aliphatic carbocycles. The van der Waals surface area contributed by atoms with E-state index in [1.807, 2.05) is 13.0 Å². The zero-order valence-electron chi connectivity index (χ0n) is 8.42. The highest BCUT2D eigenvalue weighted by molar-refractivity contribution is 6.36. The van der Waals surface area contributed by atoms with Crippen molar-refractivity contribution in [2.45, 2.75) is 6.92 Å². The van der Waals surface area contributed by atoms with Gasteiger partial charge in [-0.25, -0.2) is 0 Å². The lowest BCUT2D eigenvalue weighted by atomic mass is 10.1. The van der Waals surface area contributed by atoms with Gasteiger partial charge in [-0.1, -0.05) is 29.3 Å². The quantitative estimate of drug-likeness (QED) is 0.836. The molecule has 0 unspecified atom stereocenters. The molecule has 0 radical (unpaired) electrons. The number of benzene rings is 1. The van der Waals surface area contributed by atoms with Gasteiger partial charge < -0.3 is 5.73 Å². The SMILES string of the molecule is Cc1[nH]nc(N)c1-c1ccc(Cl)cc1Cl.Cl. The van der Waals surface area contributed by atoms with Gasteiger partial charge in [-0.05, 0) is 19.1 Å². The first-order valence-corrected chi connectivity index (χ1v) is 5.11. The molecular formula is C10H10Cl3N3. The lowest BCUT2D eigenvalue weighted by molar-refractivity contribution is 1.05. The average molecular weight is 279 g/mol. The van der Waals surface area contributed by atoms with Gasteiger partial charge in [0.1, 0.15) is 0 Å². The number of anilines is 1. The maximum atomic E-state index is 6.08. The maximum absolute atomic E-state index is 6.08. The number of hydrogen-bond acceptors (Lipinski definition) is 2. The number of nitrogens with zero attached hydrogens (tertiary/aromatic N) is 1. The zero-order valence-corrected chi connectivity index (χ0v) is 10.7. The highest BCUT2D eigenvalue weighted by Crippen LogP contribution is 2.34. The van der Waals surface area contributed by atoms with Gasteiger partial charge in [0, 0.05) is 21.8 Å². The largest absolute Gasteiger partial charge is 0.382 e. The fraction of sp³-hybridized carbons (Fsp3) is 0.100. The Balaban J connectivity index is 0.00000128. The molecule has 6 heteroatoms. The van der Waals surface area contributed by atoms with Crippen LogP contribution in [-0.2, 0) is 0 Å². The molecule has 2 rings (SSSR count). The van der Waals surface area contributed by atoms with Crippen LogP contribution in [0.4, 0.5) is 5.82 Å². The summed E-state index contributed by atoms with van der Waals surface area (Å²) in [4.78, 5) is 0. The summed E-state index contributed by atoms with van der Waals surface area (Å²) >= 11 is 11.9. The number of nitrogens with one attached hydrogen (secondary N) is 1. The van der Waals surface area contributed by atoms with Crippen LogP contribution in [0.1, 0.15) is 5.69 Å². The van der Waals surface area contributed by atoms with Crippen LogP contribution in [-0.4, -0.2) is 10.2 Å². The van der Waals surface area contributed by atoms with Crippen molar-refractivity contribution in [3.63, 3.8) is 0 Å². The topological polar surface area (TPSA) is 54.7 Å². The number of nitrogens with two attached hydrogens (primary N) is 1. The van der Waals surface area contributed by atoms with Gasteiger partial charge in [0.15, 0.2) is 5.82 Å². The van der Waals surface area contributed by atoms with Gasteiger partial charge in [0.2, 0.25) is 0 Å². The predicted molar refractivity (Wildman–Crippen MR) is 70.4 cm³/mol. The molecule has 0 aliphatic rings. The zero-order chi connectivity index (χ0) is 11.0. The summed E-state index contributed by atoms with van der Waals surface area (Å²) in [6.45, 7) is 1.89. The van der Waals surface area contributed by atoms with E-state index in [4.69, 9.17) is 28.9 Å². The summed E-state index contributed by atoms with van der Waals surface area (Å²) in [5.74, 6) is 0.441. The second kappa shape index (κ2) is 4.95. The predicted octanol–water partition coefficient (Wildman–Crippen LogP) is 3.70. The van der Waals surface area contributed by atoms with Crippen molar-refractivity contribution in [2.75, 3.05) is 5.73 Å². The fourth-order valence-corrected chi connectivity index (χ4v) is 1.98. The summed E-state index contributed by atoms with van der Waals surface area (Å²) in [5.41, 5.74) is 8.30. The summed E-state index contributed by atoms with van der Waals surface area (Å²) in [6.07, 6.45) is 0. The molecule has 0 spiro atoms. The molecule has 16 heavy (non-hydrogen) atoms. The van der Waals surface area contributed by atoms with Crippen molar-refractivity contribution in [1.29, 1.82) is 0 Å². The first-order valence-electron chi connectivity index (χ1n) is 4.35. The number of aromatic nitrogens is 2. The molecule has 0 amide bonds. The van der Waals surface area contributed by atoms with Crippen molar-refractivity contribution >= 4 is 41.4 Å². The van der Waals surface area contributed by atoms with Gasteiger partial charge in [-0.2, -0.15) is 5.10 Å². The summed E-state index contributed by atoms with van der Waals surface area (Å²) in [5, 5.41) is 7.90. The Hall–Kier alpha value is -0.900. The van der Waals surface area contributed by atoms with E-state index in [-0.39, 0.29) is 12.4 Å². The monoisotopic (exact) mass is 277 g/mol. The second-order valence-corrected chi connectivity index (χ2v) is 4.08. The Morgan fingerprint density at radius 2 is 2.00 bits per heavy atom. The van der Waals surface area contributed by atoms with E-state index >= 15 is 0 Å². The third kappa shape index (κ3) is 2.26. The number of aromatic amines is 1. The normalized spacial score (nSPS) is 9.94. The molecule has 0 aliphatic heterocycles. The minimum Gasteiger partial charge on any atom is -0.382 e. The van der Waals surface area contributed by atoms with E-state index in [9.17, 15) is 0 Å². The number of hydrogen-bond donors (Lipinski definition) is 2. The van der Waals surface area contributed by atoms with Gasteiger partial charge in [0.25, 0.3) is 0 Å². The van der Waals surface area contributed by atoms with Crippen molar-refractivity contribution in [3.05, 3.63) is 33.9 Å². The summed E-state index contributed by atoms with van der Waals surface area (Å²) in [7, 11) is 0. The van der Waals surface area contributed by atoms with Crippen LogP contribution < -0.4 is 5.73 Å². The third-order valence-corrected chi connectivity index (χ3v) is 2.72. The van der Waals surface area contributed by atoms with Crippen molar-refractivity contribution in [1.82, 2.24) is 10.2 Å². The molecule has 0 saturated heterocycles. The standard InChI is InChI=1S/C10H9Cl2N3.ClH/c1-5-9(10(13)15-14-5)7-3-2-6(11)4-8(7)12;/h2-4H,1H3,(H3,13,14,15);1H. The van der Waals surface area contributed by atoms with Gasteiger partial charge in [-0.15, -0.1) is 12.4 Å². The lowest BCUT2D eigenvalue weighted by Gasteiger charge is -2.04. The molecule has 0 bridgehead atoms. The number of aryl methyl sites for hydroxylation is 1. The second-order valence-electron chi connectivity index (χ2n) is 3.23. The highest BCUT2D eigenvalue weighted by Gasteiger charge is 2.12. The van der Waals surface area contributed by atoms with Crippen LogP contribution in [0.25, 0.3) is 11.1 Å². The Kier molecular flexibility index (Phi) is 4.08. The molecule has 3 N–H and O–H groups in total. The molecule has 86 valence electrons. The van der Waals surface area contributed by atoms with Gasteiger partial charge in [-0.3, -0.25) is 5.10 Å². The Labute approximate surface area is 109 Å². The van der Waals surface area contributed by atoms with Crippen LogP contribution >= 0.6 is 35.6 Å². The number of rotatable bonds is 1. The van der Waals surface area contributed by atoms with Crippen LogP contribution in [0, 0.1) is 6.92 Å². The van der Waals surface area contributed by atoms with Crippen molar-refractivity contribution < 1.29 is 0 Å². The minimum absolute atomic E-state index is 0. The molecule has 1 aromatic carbocycles. The minimum atomic E-state index is 0. The summed E-state index contributed by atoms with van der Waals surface area (Å²) in [6, 6.07) is 5.29. The van der Waals surface area contributed by atoms with E-state index in [2.05, 4.69) is 10.2 Å². The smallest absolute Gasteiger partial charge is 0.153 e. The van der Waals surface area contributed by atoms with Crippen LogP contribution in [0.15, 0.2) is 18.2 Å². The van der Waals surface area contributed by atoms with Gasteiger partial charge in [0.05, 0.1) is 5.02 Å². The lowest BCUT2D eigenvalue weighted by Crippen LogP contribution is -1.89. The Morgan fingerprint density at radius 3 is 2.50 bits per heavy atom. The molecule has 0 saturated carbocycles. The summed E-state index contributed by atoms with van der Waals surface area (Å²) < 4.78 is 0. The van der Waals surface area contributed by atoms with Crippen LogP contribution in [0.5, 0.6) is 0 Å². The molecule has 1 aromatic heterocycles. The fourth-order valence-electron chi connectivity index (χ4n) is 1.48. The van der Waals surface area contributed by atoms with Crippen LogP contribution in [0.3, 0.4) is 0 Å². The molecular weight excluding hydrogens is 268 g/mol. The van der Waals surface area contributed by atoms with E-state index in [0.717, 1.165) is 16.8 Å². The highest BCUT2D eigenvalue weighted by atomic mass is 35.5. The van der Waals surface area contributed by atoms with Crippen molar-refractivity contribution in [3.8, 4) is 11.1 Å². The van der Waals surface area contributed by atoms with Crippen LogP contribution in [0.2, 0.25) is 10.0 Å². The maximum Gasteiger partial charge on any atom is 0.153 e. The molecule has 0 fully saturated rings. The molecule has 2 aromatic rings. The molecule has 3 nitrogen and oxygen atoms in total. The number of halogens is 3. The number of H-pyrrole nitrogens is 1. The number of nitrogen functional groups attached to an aromatic ring is 1. The van der Waals surface area contributed by atoms with E-state index in [1.54, 1.807) is 12.1 Å². The van der Waals surface area contributed by atoms with E-state index in [1.165, 1.54) is 0 Å². The van der Waals surface area contributed by atoms with E-state index < -0.39 is 0 Å². The molecule has 1 heterocycles. The van der Waals surface area contributed by atoms with Crippen molar-refractivity contribution in [2.24, 2.45) is 0 Å². The first-order chi connectivity index (χ1) is 7.09. The molecule has 0 atom stereocenters.